The standard InChI is InChI=1S/C41H41F6N9O3S/c1-3-59-54-21(2)7-4-9-27(23-8-5-13-51-36(23)49)56-15-16-57-34-30-33(52-39(53-38(30)56)58-20-40-12-6-14-55(40)19-22(42)17-40)32(44)29(31(34)41(45,46)47)24-10-11-26(43)35-28(24)25(18-48)37(50)60-35/h5,8,10-11,13,22,27H,3-4,6-7,9,12,14-17,19-20,50H2,1-2H3,(H2,49,51)/b54-21+/t22-,27-,40+/m1/s1. The number of thiophene rings is 1. The van der Waals surface area contributed by atoms with Crippen LogP contribution in [0.15, 0.2) is 35.6 Å². The van der Waals surface area contributed by atoms with Crippen molar-refractivity contribution in [2.24, 2.45) is 5.16 Å². The summed E-state index contributed by atoms with van der Waals surface area (Å²) >= 11 is 0.664. The Morgan fingerprint density at radius 2 is 2.00 bits per heavy atom. The number of hydrogen-bond donors (Lipinski definition) is 2. The van der Waals surface area contributed by atoms with E-state index in [0.717, 1.165) is 18.6 Å². The molecule has 0 spiro atoms. The third kappa shape index (κ3) is 7.22. The van der Waals surface area contributed by atoms with E-state index in [2.05, 4.69) is 15.1 Å². The second-order valence-corrected chi connectivity index (χ2v) is 16.3. The molecule has 0 radical (unpaired) electrons. The summed E-state index contributed by atoms with van der Waals surface area (Å²) in [5, 5.41) is 13.3. The maximum Gasteiger partial charge on any atom is 0.420 e. The molecule has 8 rings (SSSR count). The van der Waals surface area contributed by atoms with E-state index in [-0.39, 0.29) is 76.4 Å². The number of nitrogen functional groups attached to an aromatic ring is 2. The first-order valence-corrected chi connectivity index (χ1v) is 20.4. The quantitative estimate of drug-likeness (QED) is 0.0702. The molecular formula is C41H41F6N9O3S. The second-order valence-electron chi connectivity index (χ2n) is 15.2. The van der Waals surface area contributed by atoms with Gasteiger partial charge in [-0.05, 0) is 70.2 Å². The van der Waals surface area contributed by atoms with Crippen molar-refractivity contribution in [2.75, 3.05) is 55.8 Å². The fourth-order valence-electron chi connectivity index (χ4n) is 8.98. The Labute approximate surface area is 344 Å². The summed E-state index contributed by atoms with van der Waals surface area (Å²) in [6, 6.07) is 6.12. The zero-order valence-electron chi connectivity index (χ0n) is 32.7. The van der Waals surface area contributed by atoms with Gasteiger partial charge < -0.3 is 30.7 Å². The van der Waals surface area contributed by atoms with Gasteiger partial charge in [-0.2, -0.15) is 28.4 Å². The Balaban J connectivity index is 1.38. The van der Waals surface area contributed by atoms with Gasteiger partial charge in [0.2, 0.25) is 0 Å². The molecule has 12 nitrogen and oxygen atoms in total. The van der Waals surface area contributed by atoms with Gasteiger partial charge in [0.15, 0.2) is 5.82 Å². The van der Waals surface area contributed by atoms with Gasteiger partial charge >= 0.3 is 12.2 Å². The average molecular weight is 854 g/mol. The molecule has 0 amide bonds. The summed E-state index contributed by atoms with van der Waals surface area (Å²) in [5.74, 6) is -3.00. The van der Waals surface area contributed by atoms with Crippen LogP contribution in [0.25, 0.3) is 32.1 Å². The number of pyridine rings is 1. The van der Waals surface area contributed by atoms with Gasteiger partial charge in [-0.25, -0.2) is 18.2 Å². The Hall–Kier alpha value is -5.61. The monoisotopic (exact) mass is 853 g/mol. The number of nitrogens with two attached hydrogens (primary N) is 2. The molecule has 316 valence electrons. The molecule has 6 heterocycles. The Bertz CT molecular complexity index is 2550. The molecule has 2 aromatic carbocycles. The lowest BCUT2D eigenvalue weighted by molar-refractivity contribution is -0.138. The van der Waals surface area contributed by atoms with Crippen molar-refractivity contribution in [3.05, 3.63) is 58.8 Å². The number of oxime groups is 1. The molecule has 0 bridgehead atoms. The maximum atomic E-state index is 17.7. The van der Waals surface area contributed by atoms with Crippen molar-refractivity contribution in [1.29, 1.82) is 5.26 Å². The summed E-state index contributed by atoms with van der Waals surface area (Å²) in [6.45, 7) is 4.44. The summed E-state index contributed by atoms with van der Waals surface area (Å²) in [4.78, 5) is 22.4. The van der Waals surface area contributed by atoms with E-state index in [1.807, 2.05) is 24.8 Å². The van der Waals surface area contributed by atoms with E-state index < -0.39 is 63.5 Å². The highest BCUT2D eigenvalue weighted by Gasteiger charge is 2.50. The molecule has 5 aromatic rings. The van der Waals surface area contributed by atoms with Crippen LogP contribution in [-0.4, -0.2) is 76.7 Å². The summed E-state index contributed by atoms with van der Waals surface area (Å²) in [7, 11) is 0. The lowest BCUT2D eigenvalue weighted by Crippen LogP contribution is -2.43. The van der Waals surface area contributed by atoms with E-state index >= 15 is 22.0 Å². The molecule has 3 aromatic heterocycles. The van der Waals surface area contributed by atoms with E-state index in [1.54, 1.807) is 17.0 Å². The fourth-order valence-corrected chi connectivity index (χ4v) is 9.93. The topological polar surface area (TPSA) is 161 Å². The zero-order valence-corrected chi connectivity index (χ0v) is 33.5. The van der Waals surface area contributed by atoms with E-state index in [9.17, 15) is 9.65 Å². The van der Waals surface area contributed by atoms with Crippen LogP contribution in [0, 0.1) is 23.0 Å². The smallest absolute Gasteiger partial charge is 0.420 e. The molecule has 3 aliphatic heterocycles. The van der Waals surface area contributed by atoms with Gasteiger partial charge in [-0.1, -0.05) is 17.3 Å². The first-order valence-electron chi connectivity index (χ1n) is 19.6. The normalized spacial score (nSPS) is 19.9. The Morgan fingerprint density at radius 3 is 2.75 bits per heavy atom. The number of anilines is 3. The van der Waals surface area contributed by atoms with Crippen molar-refractivity contribution >= 4 is 54.7 Å². The molecule has 2 saturated heterocycles. The van der Waals surface area contributed by atoms with Crippen LogP contribution in [0.3, 0.4) is 0 Å². The molecule has 3 aliphatic rings. The van der Waals surface area contributed by atoms with E-state index in [4.69, 9.17) is 30.8 Å². The average Bonchev–Trinajstić information content (AvgIpc) is 3.82. The van der Waals surface area contributed by atoms with Crippen LogP contribution in [0.2, 0.25) is 0 Å². The second kappa shape index (κ2) is 16.1. The first-order chi connectivity index (χ1) is 28.8. The largest absolute Gasteiger partial charge is 0.490 e. The Morgan fingerprint density at radius 1 is 1.18 bits per heavy atom. The fraction of sp³-hybridized carbons (Fsp3) is 0.439. The Kier molecular flexibility index (Phi) is 11.0. The van der Waals surface area contributed by atoms with Crippen molar-refractivity contribution in [3.63, 3.8) is 0 Å². The number of benzene rings is 2. The van der Waals surface area contributed by atoms with Crippen molar-refractivity contribution in [3.8, 4) is 29.0 Å². The minimum absolute atomic E-state index is 0.0544. The number of alkyl halides is 4. The predicted molar refractivity (Wildman–Crippen MR) is 216 cm³/mol. The SMILES string of the molecule is CCO/N=C(\C)CCC[C@H](c1cccnc1N)N1CCOc2c(C(F)(F)F)c(-c3ccc(F)c4sc(N)c(C#N)c34)c(F)c3nc(OC[C@@]45CCCN4C[C@H](F)C5)nc1c23. The number of fused-ring (bicyclic) bond motifs is 2. The number of halogens is 6. The molecular weight excluding hydrogens is 813 g/mol. The molecule has 60 heavy (non-hydrogen) atoms. The lowest BCUT2D eigenvalue weighted by Gasteiger charge is -2.33. The van der Waals surface area contributed by atoms with Gasteiger partial charge in [0.05, 0.1) is 39.5 Å². The van der Waals surface area contributed by atoms with Crippen molar-refractivity contribution in [1.82, 2.24) is 19.9 Å². The third-order valence-electron chi connectivity index (χ3n) is 11.5. The van der Waals surface area contributed by atoms with E-state index in [0.29, 0.717) is 61.4 Å². The molecule has 4 N–H and O–H groups in total. The van der Waals surface area contributed by atoms with Crippen LogP contribution in [0.4, 0.5) is 43.0 Å². The molecule has 0 aliphatic carbocycles. The highest BCUT2D eigenvalue weighted by Crippen LogP contribution is 2.54. The van der Waals surface area contributed by atoms with Crippen LogP contribution in [-0.2, 0) is 11.0 Å². The van der Waals surface area contributed by atoms with Crippen LogP contribution < -0.4 is 25.8 Å². The van der Waals surface area contributed by atoms with E-state index in [1.165, 1.54) is 6.20 Å². The molecule has 3 atom stereocenters. The third-order valence-corrected chi connectivity index (χ3v) is 12.6. The molecule has 2 fully saturated rings. The number of rotatable bonds is 12. The van der Waals surface area contributed by atoms with Crippen LogP contribution in [0.5, 0.6) is 11.8 Å². The highest BCUT2D eigenvalue weighted by atomic mass is 32.1. The number of nitriles is 1. The molecule has 19 heteroatoms. The summed E-state index contributed by atoms with van der Waals surface area (Å²) in [5.41, 5.74) is 9.27. The van der Waals surface area contributed by atoms with Crippen molar-refractivity contribution in [2.45, 2.75) is 76.3 Å². The van der Waals surface area contributed by atoms with Gasteiger partial charge in [0.25, 0.3) is 0 Å². The van der Waals surface area contributed by atoms with Gasteiger partial charge in [-0.15, -0.1) is 11.3 Å². The minimum atomic E-state index is -5.27. The van der Waals surface area contributed by atoms with Gasteiger partial charge in [-0.3, -0.25) is 4.90 Å². The number of ether oxygens (including phenoxy) is 2. The summed E-state index contributed by atoms with van der Waals surface area (Å²) in [6.07, 6.45) is -1.83. The van der Waals surface area contributed by atoms with Gasteiger partial charge in [0, 0.05) is 35.7 Å². The zero-order chi connectivity index (χ0) is 42.5. The first kappa shape index (κ1) is 41.1. The van der Waals surface area contributed by atoms with Crippen LogP contribution in [0.1, 0.15) is 75.1 Å². The molecule has 0 saturated carbocycles. The minimum Gasteiger partial charge on any atom is -0.490 e. The molecule has 0 unspecified atom stereocenters. The lowest BCUT2D eigenvalue weighted by atomic mass is 9.91. The number of hydrogen-bond acceptors (Lipinski definition) is 13. The number of nitrogens with zero attached hydrogens (tertiary/aromatic N) is 7. The van der Waals surface area contributed by atoms with Gasteiger partial charge in [0.1, 0.15) is 71.3 Å². The maximum absolute atomic E-state index is 17.7. The van der Waals surface area contributed by atoms with Crippen molar-refractivity contribution < 1.29 is 40.7 Å². The van der Waals surface area contributed by atoms with Crippen LogP contribution >= 0.6 is 11.3 Å². The summed E-state index contributed by atoms with van der Waals surface area (Å²) < 4.78 is 107. The number of aromatic nitrogens is 3. The predicted octanol–water partition coefficient (Wildman–Crippen LogP) is 8.72. The highest BCUT2D eigenvalue weighted by molar-refractivity contribution is 7.23.